The van der Waals surface area contributed by atoms with Crippen molar-refractivity contribution in [3.05, 3.63) is 53.6 Å². The van der Waals surface area contributed by atoms with Crippen LogP contribution in [0.4, 0.5) is 26.3 Å². The first-order valence-corrected chi connectivity index (χ1v) is 11.1. The first-order valence-electron chi connectivity index (χ1n) is 11.1. The summed E-state index contributed by atoms with van der Waals surface area (Å²) in [6, 6.07) is 9.27. The predicted octanol–water partition coefficient (Wildman–Crippen LogP) is 4.87. The molecular weight excluding hydrogens is 510 g/mol. The van der Waals surface area contributed by atoms with E-state index in [4.69, 9.17) is 15.2 Å². The van der Waals surface area contributed by atoms with E-state index in [1.165, 1.54) is 25.3 Å². The number of alkyl halides is 6. The van der Waals surface area contributed by atoms with E-state index in [9.17, 15) is 35.9 Å². The molecule has 7 nitrogen and oxygen atoms in total. The lowest BCUT2D eigenvalue weighted by Crippen LogP contribution is -2.56. The molecule has 2 aromatic rings. The Hall–Kier alpha value is -3.48. The maximum absolute atomic E-state index is 13.4. The minimum absolute atomic E-state index is 0.00303. The van der Waals surface area contributed by atoms with Crippen LogP contribution in [0.3, 0.4) is 0 Å². The third kappa shape index (κ3) is 7.28. The third-order valence-corrected chi connectivity index (χ3v) is 5.88. The maximum atomic E-state index is 13.4. The van der Waals surface area contributed by atoms with Gasteiger partial charge >= 0.3 is 18.3 Å². The van der Waals surface area contributed by atoms with E-state index in [1.54, 1.807) is 12.1 Å². The fourth-order valence-corrected chi connectivity index (χ4v) is 3.78. The number of nitrogens with two attached hydrogens (primary N) is 1. The van der Waals surface area contributed by atoms with E-state index in [0.29, 0.717) is 5.56 Å². The smallest absolute Gasteiger partial charge is 0.490 e. The lowest BCUT2D eigenvalue weighted by Gasteiger charge is -2.35. The number of nitrogens with one attached hydrogen (secondary N) is 1. The Bertz CT molecular complexity index is 1110. The van der Waals surface area contributed by atoms with Crippen molar-refractivity contribution in [1.82, 2.24) is 5.32 Å². The Morgan fingerprint density at radius 1 is 1.00 bits per heavy atom. The number of hydrogen-bond donors (Lipinski definition) is 2. The minimum Gasteiger partial charge on any atom is -0.497 e. The molecule has 0 saturated heterocycles. The van der Waals surface area contributed by atoms with Crippen molar-refractivity contribution in [2.75, 3.05) is 7.11 Å². The summed E-state index contributed by atoms with van der Waals surface area (Å²) in [6.07, 6.45) is -10.7. The van der Waals surface area contributed by atoms with Crippen LogP contribution in [0.15, 0.2) is 42.5 Å². The number of halogens is 6. The van der Waals surface area contributed by atoms with E-state index < -0.39 is 47.2 Å². The first-order chi connectivity index (χ1) is 17.2. The first kappa shape index (κ1) is 28.1. The van der Waals surface area contributed by atoms with E-state index >= 15 is 0 Å². The van der Waals surface area contributed by atoms with Crippen LogP contribution >= 0.6 is 0 Å². The van der Waals surface area contributed by atoms with Crippen molar-refractivity contribution in [2.45, 2.75) is 56.2 Å². The zero-order chi connectivity index (χ0) is 27.4. The molecule has 1 saturated carbocycles. The van der Waals surface area contributed by atoms with E-state index in [1.807, 2.05) is 0 Å². The second kappa shape index (κ2) is 10.9. The van der Waals surface area contributed by atoms with Crippen LogP contribution in [0, 0.1) is 0 Å². The number of hydrogen-bond acceptors (Lipinski definition) is 6. The minimum atomic E-state index is -5.09. The standard InChI is InChI=1S/C24H24F6N2O5/c1-35-17-6-7-19(18(12-17)23(25,26)27)36-15-4-2-14(3-5-15)13-32-20(33)22(31)10-8-16(9-11-22)37-21(34)24(28,29)30/h2-7,12,16H,8-11,13,31H2,1H3,(H,32,33). The predicted molar refractivity (Wildman–Crippen MR) is 118 cm³/mol. The Balaban J connectivity index is 1.55. The van der Waals surface area contributed by atoms with Gasteiger partial charge < -0.3 is 25.3 Å². The molecule has 0 unspecified atom stereocenters. The van der Waals surface area contributed by atoms with Gasteiger partial charge in [-0.25, -0.2) is 4.79 Å². The SMILES string of the molecule is COc1ccc(Oc2ccc(CNC(=O)C3(N)CCC(OC(=O)C(F)(F)F)CC3)cc2)c(C(F)(F)F)c1. The van der Waals surface area contributed by atoms with Crippen LogP contribution in [-0.4, -0.2) is 36.8 Å². The van der Waals surface area contributed by atoms with E-state index in [-0.39, 0.29) is 43.7 Å². The number of methoxy groups -OCH3 is 1. The Kier molecular flexibility index (Phi) is 8.25. The highest BCUT2D eigenvalue weighted by Crippen LogP contribution is 2.40. The van der Waals surface area contributed by atoms with Gasteiger partial charge in [0.25, 0.3) is 0 Å². The van der Waals surface area contributed by atoms with Gasteiger partial charge in [0.1, 0.15) is 28.9 Å². The lowest BCUT2D eigenvalue weighted by molar-refractivity contribution is -0.206. The van der Waals surface area contributed by atoms with Gasteiger partial charge in [0, 0.05) is 6.54 Å². The van der Waals surface area contributed by atoms with E-state index in [0.717, 1.165) is 12.1 Å². The quantitative estimate of drug-likeness (QED) is 0.389. The number of amides is 1. The summed E-state index contributed by atoms with van der Waals surface area (Å²) in [6.45, 7) is 0.0425. The number of esters is 1. The zero-order valence-corrected chi connectivity index (χ0v) is 19.5. The highest BCUT2D eigenvalue weighted by molar-refractivity contribution is 5.86. The highest BCUT2D eigenvalue weighted by Gasteiger charge is 2.45. The lowest BCUT2D eigenvalue weighted by atomic mass is 9.80. The molecule has 202 valence electrons. The van der Waals surface area contributed by atoms with Crippen molar-refractivity contribution < 1.29 is 50.1 Å². The zero-order valence-electron chi connectivity index (χ0n) is 19.5. The Morgan fingerprint density at radius 3 is 2.14 bits per heavy atom. The molecule has 0 aromatic heterocycles. The molecule has 2 aromatic carbocycles. The van der Waals surface area contributed by atoms with Gasteiger partial charge in [0.15, 0.2) is 0 Å². The Labute approximate surface area is 207 Å². The summed E-state index contributed by atoms with van der Waals surface area (Å²) in [4.78, 5) is 23.6. The molecule has 3 rings (SSSR count). The maximum Gasteiger partial charge on any atom is 0.490 e. The second-order valence-corrected chi connectivity index (χ2v) is 8.55. The summed E-state index contributed by atoms with van der Waals surface area (Å²) < 4.78 is 91.8. The van der Waals surface area contributed by atoms with Crippen molar-refractivity contribution in [2.24, 2.45) is 5.73 Å². The molecule has 0 aliphatic heterocycles. The molecule has 0 bridgehead atoms. The van der Waals surface area contributed by atoms with Crippen LogP contribution in [-0.2, 0) is 27.0 Å². The van der Waals surface area contributed by atoms with Crippen LogP contribution in [0.25, 0.3) is 0 Å². The molecule has 0 atom stereocenters. The topological polar surface area (TPSA) is 99.9 Å². The van der Waals surface area contributed by atoms with Gasteiger partial charge in [-0.3, -0.25) is 4.79 Å². The molecule has 37 heavy (non-hydrogen) atoms. The van der Waals surface area contributed by atoms with E-state index in [2.05, 4.69) is 10.1 Å². The number of carbonyl (C=O) groups is 2. The number of rotatable bonds is 7. The van der Waals surface area contributed by atoms with Gasteiger partial charge in [-0.05, 0) is 61.6 Å². The third-order valence-electron chi connectivity index (χ3n) is 5.88. The monoisotopic (exact) mass is 534 g/mol. The summed E-state index contributed by atoms with van der Waals surface area (Å²) in [5, 5.41) is 2.64. The average Bonchev–Trinajstić information content (AvgIpc) is 2.84. The summed E-state index contributed by atoms with van der Waals surface area (Å²) >= 11 is 0. The van der Waals surface area contributed by atoms with Crippen LogP contribution < -0.4 is 20.5 Å². The van der Waals surface area contributed by atoms with Gasteiger partial charge in [-0.2, -0.15) is 26.3 Å². The van der Waals surface area contributed by atoms with Crippen molar-refractivity contribution in [1.29, 1.82) is 0 Å². The summed E-state index contributed by atoms with van der Waals surface area (Å²) in [5.74, 6) is -3.05. The van der Waals surface area contributed by atoms with Crippen molar-refractivity contribution in [3.63, 3.8) is 0 Å². The van der Waals surface area contributed by atoms with Crippen molar-refractivity contribution in [3.8, 4) is 17.2 Å². The Morgan fingerprint density at radius 2 is 1.59 bits per heavy atom. The van der Waals surface area contributed by atoms with Gasteiger partial charge in [0.2, 0.25) is 5.91 Å². The molecule has 0 heterocycles. The summed E-state index contributed by atoms with van der Waals surface area (Å²) in [5.41, 5.74) is 4.39. The van der Waals surface area contributed by atoms with Gasteiger partial charge in [0.05, 0.1) is 12.6 Å². The number of ether oxygens (including phenoxy) is 3. The molecule has 3 N–H and O–H groups in total. The molecule has 1 amide bonds. The number of carbonyl (C=O) groups excluding carboxylic acids is 2. The normalized spacial score (nSPS) is 20.2. The fourth-order valence-electron chi connectivity index (χ4n) is 3.78. The molecule has 1 aliphatic rings. The second-order valence-electron chi connectivity index (χ2n) is 8.55. The van der Waals surface area contributed by atoms with Crippen LogP contribution in [0.5, 0.6) is 17.2 Å². The van der Waals surface area contributed by atoms with Gasteiger partial charge in [-0.1, -0.05) is 12.1 Å². The summed E-state index contributed by atoms with van der Waals surface area (Å²) in [7, 11) is 1.25. The molecular formula is C24H24F6N2O5. The van der Waals surface area contributed by atoms with Crippen LogP contribution in [0.2, 0.25) is 0 Å². The molecule has 1 fully saturated rings. The average molecular weight is 534 g/mol. The fraction of sp³-hybridized carbons (Fsp3) is 0.417. The molecule has 0 radical (unpaired) electrons. The molecule has 13 heteroatoms. The largest absolute Gasteiger partial charge is 0.497 e. The highest BCUT2D eigenvalue weighted by atomic mass is 19.4. The molecule has 0 spiro atoms. The van der Waals surface area contributed by atoms with Gasteiger partial charge in [-0.15, -0.1) is 0 Å². The molecule has 1 aliphatic carbocycles. The number of benzene rings is 2. The van der Waals surface area contributed by atoms with Crippen LogP contribution in [0.1, 0.15) is 36.8 Å². The van der Waals surface area contributed by atoms with Crippen molar-refractivity contribution >= 4 is 11.9 Å².